The highest BCUT2D eigenvalue weighted by molar-refractivity contribution is 9.10. The summed E-state index contributed by atoms with van der Waals surface area (Å²) in [5.74, 6) is -1.36. The Morgan fingerprint density at radius 3 is 2.85 bits per heavy atom. The van der Waals surface area contributed by atoms with Crippen LogP contribution in [0.4, 0.5) is 5.13 Å². The minimum Gasteiger partial charge on any atom is -0.481 e. The Morgan fingerprint density at radius 1 is 1.45 bits per heavy atom. The third kappa shape index (κ3) is 3.78. The van der Waals surface area contributed by atoms with Crippen molar-refractivity contribution in [3.63, 3.8) is 0 Å². The van der Waals surface area contributed by atoms with Gasteiger partial charge in [-0.3, -0.25) is 14.9 Å². The van der Waals surface area contributed by atoms with Gasteiger partial charge in [-0.05, 0) is 18.2 Å². The van der Waals surface area contributed by atoms with Crippen LogP contribution in [0.25, 0.3) is 0 Å². The van der Waals surface area contributed by atoms with E-state index in [-0.39, 0.29) is 6.42 Å². The Labute approximate surface area is 131 Å². The fourth-order valence-electron chi connectivity index (χ4n) is 1.44. The first kappa shape index (κ1) is 15.0. The van der Waals surface area contributed by atoms with Crippen LogP contribution in [-0.4, -0.2) is 22.0 Å². The number of benzene rings is 1. The summed E-state index contributed by atoms with van der Waals surface area (Å²) in [4.78, 5) is 26.6. The van der Waals surface area contributed by atoms with Crippen LogP contribution in [-0.2, 0) is 11.2 Å². The molecule has 1 heterocycles. The topological polar surface area (TPSA) is 79.3 Å². The van der Waals surface area contributed by atoms with E-state index in [0.717, 1.165) is 15.8 Å². The SMILES string of the molecule is O=C(O)Cc1csc(NC(=O)c2ccc(Br)cc2Cl)n1. The average molecular weight is 376 g/mol. The number of rotatable bonds is 4. The molecule has 2 rings (SSSR count). The number of aliphatic carboxylic acids is 1. The standard InChI is InChI=1S/C12H8BrClN2O3S/c13-6-1-2-8(9(14)3-6)11(19)16-12-15-7(5-20-12)4-10(17)18/h1-3,5H,4H2,(H,17,18)(H,15,16,19). The molecule has 2 N–H and O–H groups in total. The number of hydrogen-bond acceptors (Lipinski definition) is 4. The minimum atomic E-state index is -0.968. The van der Waals surface area contributed by atoms with Gasteiger partial charge in [0.2, 0.25) is 0 Å². The van der Waals surface area contributed by atoms with Crippen molar-refractivity contribution in [2.45, 2.75) is 6.42 Å². The van der Waals surface area contributed by atoms with Crippen LogP contribution in [0.1, 0.15) is 16.1 Å². The summed E-state index contributed by atoms with van der Waals surface area (Å²) in [5.41, 5.74) is 0.726. The minimum absolute atomic E-state index is 0.175. The van der Waals surface area contributed by atoms with Crippen molar-refractivity contribution in [2.24, 2.45) is 0 Å². The summed E-state index contributed by atoms with van der Waals surface area (Å²) in [6.45, 7) is 0. The summed E-state index contributed by atoms with van der Waals surface area (Å²) in [6.07, 6.45) is -0.175. The van der Waals surface area contributed by atoms with Gasteiger partial charge in [-0.25, -0.2) is 4.98 Å². The largest absolute Gasteiger partial charge is 0.481 e. The van der Waals surface area contributed by atoms with Gasteiger partial charge in [0.15, 0.2) is 5.13 Å². The molecular weight excluding hydrogens is 368 g/mol. The molecule has 104 valence electrons. The van der Waals surface area contributed by atoms with Crippen LogP contribution < -0.4 is 5.32 Å². The lowest BCUT2D eigenvalue weighted by Gasteiger charge is -2.04. The van der Waals surface area contributed by atoms with E-state index in [9.17, 15) is 9.59 Å². The Morgan fingerprint density at radius 2 is 2.20 bits per heavy atom. The Kier molecular flexibility index (Phi) is 4.74. The predicted octanol–water partition coefficient (Wildman–Crippen LogP) is 3.44. The molecule has 2 aromatic rings. The number of carboxylic acids is 1. The Bertz CT molecular complexity index is 674. The summed E-state index contributed by atoms with van der Waals surface area (Å²) in [7, 11) is 0. The molecule has 0 spiro atoms. The highest BCUT2D eigenvalue weighted by Gasteiger charge is 2.13. The molecule has 1 aromatic heterocycles. The molecule has 20 heavy (non-hydrogen) atoms. The lowest BCUT2D eigenvalue weighted by molar-refractivity contribution is -0.136. The van der Waals surface area contributed by atoms with Crippen molar-refractivity contribution in [3.8, 4) is 0 Å². The van der Waals surface area contributed by atoms with E-state index in [4.69, 9.17) is 16.7 Å². The van der Waals surface area contributed by atoms with Gasteiger partial charge in [-0.2, -0.15) is 0 Å². The summed E-state index contributed by atoms with van der Waals surface area (Å²) in [5, 5.41) is 13.5. The molecule has 0 aliphatic rings. The van der Waals surface area contributed by atoms with Crippen LogP contribution >= 0.6 is 38.9 Å². The van der Waals surface area contributed by atoms with E-state index in [1.54, 1.807) is 23.6 Å². The first-order chi connectivity index (χ1) is 9.45. The Balaban J connectivity index is 2.11. The van der Waals surface area contributed by atoms with Gasteiger partial charge in [0.05, 0.1) is 22.7 Å². The number of aromatic nitrogens is 1. The molecule has 1 amide bonds. The molecule has 5 nitrogen and oxygen atoms in total. The number of amides is 1. The molecule has 0 saturated heterocycles. The van der Waals surface area contributed by atoms with Crippen molar-refractivity contribution in [2.75, 3.05) is 5.32 Å². The number of hydrogen-bond donors (Lipinski definition) is 2. The lowest BCUT2D eigenvalue weighted by atomic mass is 10.2. The molecule has 0 aliphatic heterocycles. The van der Waals surface area contributed by atoms with Crippen molar-refractivity contribution >= 4 is 55.9 Å². The lowest BCUT2D eigenvalue weighted by Crippen LogP contribution is -2.12. The molecule has 0 aliphatic carbocycles. The number of carbonyl (C=O) groups is 2. The highest BCUT2D eigenvalue weighted by Crippen LogP contribution is 2.23. The molecule has 1 aromatic carbocycles. The monoisotopic (exact) mass is 374 g/mol. The molecule has 0 atom stereocenters. The molecule has 0 saturated carbocycles. The zero-order valence-corrected chi connectivity index (χ0v) is 13.1. The maximum absolute atomic E-state index is 12.0. The normalized spacial score (nSPS) is 10.3. The maximum Gasteiger partial charge on any atom is 0.309 e. The summed E-state index contributed by atoms with van der Waals surface area (Å²) >= 11 is 10.4. The van der Waals surface area contributed by atoms with Crippen molar-refractivity contribution in [1.82, 2.24) is 4.98 Å². The Hall–Kier alpha value is -1.44. The molecule has 0 unspecified atom stereocenters. The number of thiazole rings is 1. The second kappa shape index (κ2) is 6.34. The molecule has 0 bridgehead atoms. The van der Waals surface area contributed by atoms with Crippen LogP contribution in [0.5, 0.6) is 0 Å². The van der Waals surface area contributed by atoms with E-state index < -0.39 is 11.9 Å². The zero-order chi connectivity index (χ0) is 14.7. The van der Waals surface area contributed by atoms with Crippen molar-refractivity contribution in [1.29, 1.82) is 0 Å². The van der Waals surface area contributed by atoms with E-state index in [0.29, 0.717) is 21.4 Å². The quantitative estimate of drug-likeness (QED) is 0.858. The van der Waals surface area contributed by atoms with Crippen molar-refractivity contribution in [3.05, 3.63) is 44.3 Å². The van der Waals surface area contributed by atoms with E-state index >= 15 is 0 Å². The summed E-state index contributed by atoms with van der Waals surface area (Å²) < 4.78 is 0.775. The predicted molar refractivity (Wildman–Crippen MR) is 80.6 cm³/mol. The van der Waals surface area contributed by atoms with Crippen molar-refractivity contribution < 1.29 is 14.7 Å². The third-order valence-electron chi connectivity index (χ3n) is 2.28. The van der Waals surface area contributed by atoms with E-state index in [1.165, 1.54) is 0 Å². The second-order valence-electron chi connectivity index (χ2n) is 3.79. The number of nitrogens with one attached hydrogen (secondary N) is 1. The molecule has 0 fully saturated rings. The first-order valence-electron chi connectivity index (χ1n) is 5.38. The fraction of sp³-hybridized carbons (Fsp3) is 0.0833. The number of halogens is 2. The number of nitrogens with zero attached hydrogens (tertiary/aromatic N) is 1. The fourth-order valence-corrected chi connectivity index (χ4v) is 2.90. The second-order valence-corrected chi connectivity index (χ2v) is 5.97. The molecular formula is C12H8BrClN2O3S. The van der Waals surface area contributed by atoms with E-state index in [1.807, 2.05) is 0 Å². The highest BCUT2D eigenvalue weighted by atomic mass is 79.9. The van der Waals surface area contributed by atoms with Gasteiger partial charge in [0.25, 0.3) is 5.91 Å². The van der Waals surface area contributed by atoms with Crippen LogP contribution in [0, 0.1) is 0 Å². The van der Waals surface area contributed by atoms with Gasteiger partial charge >= 0.3 is 5.97 Å². The van der Waals surface area contributed by atoms with Gasteiger partial charge in [0.1, 0.15) is 0 Å². The van der Waals surface area contributed by atoms with Gasteiger partial charge < -0.3 is 5.11 Å². The number of anilines is 1. The number of carboxylic acid groups (broad SMARTS) is 1. The van der Waals surface area contributed by atoms with Crippen LogP contribution in [0.3, 0.4) is 0 Å². The zero-order valence-electron chi connectivity index (χ0n) is 9.89. The van der Waals surface area contributed by atoms with Gasteiger partial charge in [-0.15, -0.1) is 11.3 Å². The van der Waals surface area contributed by atoms with Gasteiger partial charge in [-0.1, -0.05) is 27.5 Å². The van der Waals surface area contributed by atoms with Crippen LogP contribution in [0.2, 0.25) is 5.02 Å². The molecule has 0 radical (unpaired) electrons. The smallest absolute Gasteiger partial charge is 0.309 e. The molecule has 8 heteroatoms. The number of carbonyl (C=O) groups excluding carboxylic acids is 1. The van der Waals surface area contributed by atoms with Gasteiger partial charge in [0, 0.05) is 9.85 Å². The first-order valence-corrected chi connectivity index (χ1v) is 7.43. The van der Waals surface area contributed by atoms with Crippen LogP contribution in [0.15, 0.2) is 28.1 Å². The van der Waals surface area contributed by atoms with E-state index in [2.05, 4.69) is 26.2 Å². The maximum atomic E-state index is 12.0. The third-order valence-corrected chi connectivity index (χ3v) is 3.89. The average Bonchev–Trinajstić information content (AvgIpc) is 2.75. The summed E-state index contributed by atoms with van der Waals surface area (Å²) in [6, 6.07) is 4.92.